The van der Waals surface area contributed by atoms with Crippen LogP contribution in [0.3, 0.4) is 0 Å². The van der Waals surface area contributed by atoms with Crippen LogP contribution in [0.1, 0.15) is 24.0 Å². The monoisotopic (exact) mass is 515 g/mol. The summed E-state index contributed by atoms with van der Waals surface area (Å²) in [6.45, 7) is 1.05. The molecule has 0 radical (unpaired) electrons. The van der Waals surface area contributed by atoms with Crippen LogP contribution in [0.4, 0.5) is 4.79 Å². The molecule has 4 nitrogen and oxygen atoms in total. The molecular formula is C29H26BrNO3. The first kappa shape index (κ1) is 22.6. The molecule has 0 spiro atoms. The maximum Gasteiger partial charge on any atom is 0.415 e. The fraction of sp³-hybridized carbons (Fsp3) is 0.207. The third kappa shape index (κ3) is 4.22. The van der Waals surface area contributed by atoms with Gasteiger partial charge in [0.15, 0.2) is 0 Å². The molecule has 0 bridgehead atoms. The van der Waals surface area contributed by atoms with Gasteiger partial charge in [-0.1, -0.05) is 91.0 Å². The highest BCUT2D eigenvalue weighted by molar-refractivity contribution is 9.10. The number of nitrogens with zero attached hydrogens (tertiary/aromatic N) is 1. The number of ether oxygens (including phenoxy) is 1. The quantitative estimate of drug-likeness (QED) is 0.327. The van der Waals surface area contributed by atoms with Crippen molar-refractivity contribution in [2.45, 2.75) is 18.4 Å². The average molecular weight is 516 g/mol. The lowest BCUT2D eigenvalue weighted by Crippen LogP contribution is -2.46. The minimum absolute atomic E-state index is 0.0197. The Hall–Kier alpha value is -3.15. The second-order valence-corrected chi connectivity index (χ2v) is 9.52. The van der Waals surface area contributed by atoms with E-state index >= 15 is 0 Å². The maximum atomic E-state index is 13.0. The van der Waals surface area contributed by atoms with Crippen LogP contribution in [0.5, 0.6) is 5.75 Å². The zero-order chi connectivity index (χ0) is 23.5. The van der Waals surface area contributed by atoms with Crippen LogP contribution in [0.15, 0.2) is 102 Å². The van der Waals surface area contributed by atoms with Crippen molar-refractivity contribution < 1.29 is 14.6 Å². The molecular weight excluding hydrogens is 490 g/mol. The lowest BCUT2D eigenvalue weighted by molar-refractivity contribution is -0.0116. The van der Waals surface area contributed by atoms with E-state index < -0.39 is 5.60 Å². The van der Waals surface area contributed by atoms with Gasteiger partial charge in [-0.15, -0.1) is 0 Å². The molecule has 5 heteroatoms. The van der Waals surface area contributed by atoms with Crippen LogP contribution in [0, 0.1) is 5.92 Å². The van der Waals surface area contributed by atoms with Gasteiger partial charge in [0.1, 0.15) is 11.4 Å². The van der Waals surface area contributed by atoms with E-state index in [-0.39, 0.29) is 12.0 Å². The molecule has 0 saturated carbocycles. The van der Waals surface area contributed by atoms with Crippen molar-refractivity contribution in [3.8, 4) is 5.75 Å². The first-order valence-corrected chi connectivity index (χ1v) is 12.3. The van der Waals surface area contributed by atoms with Crippen LogP contribution in [-0.4, -0.2) is 29.2 Å². The molecule has 0 unspecified atom stereocenters. The van der Waals surface area contributed by atoms with E-state index in [0.29, 0.717) is 31.7 Å². The van der Waals surface area contributed by atoms with Crippen LogP contribution >= 0.6 is 15.9 Å². The van der Waals surface area contributed by atoms with Gasteiger partial charge in [-0.05, 0) is 62.7 Å². The molecule has 4 aromatic carbocycles. The maximum absolute atomic E-state index is 13.0. The molecule has 1 aliphatic heterocycles. The van der Waals surface area contributed by atoms with Crippen molar-refractivity contribution >= 4 is 32.8 Å². The van der Waals surface area contributed by atoms with Crippen molar-refractivity contribution in [1.82, 2.24) is 4.90 Å². The summed E-state index contributed by atoms with van der Waals surface area (Å²) in [6.07, 6.45) is 0.986. The predicted molar refractivity (Wildman–Crippen MR) is 138 cm³/mol. The number of fused-ring (bicyclic) bond motifs is 1. The fourth-order valence-electron chi connectivity index (χ4n) is 4.95. The highest BCUT2D eigenvalue weighted by Crippen LogP contribution is 2.42. The third-order valence-corrected chi connectivity index (χ3v) is 7.61. The molecule has 1 aliphatic rings. The first-order chi connectivity index (χ1) is 16.6. The number of rotatable bonds is 4. The zero-order valence-electron chi connectivity index (χ0n) is 18.7. The molecule has 1 heterocycles. The topological polar surface area (TPSA) is 49.8 Å². The molecule has 172 valence electrons. The number of hydrogen-bond donors (Lipinski definition) is 1. The number of benzene rings is 4. The van der Waals surface area contributed by atoms with E-state index in [9.17, 15) is 9.90 Å². The summed E-state index contributed by atoms with van der Waals surface area (Å²) < 4.78 is 6.53. The van der Waals surface area contributed by atoms with Crippen LogP contribution in [0.2, 0.25) is 0 Å². The summed E-state index contributed by atoms with van der Waals surface area (Å²) in [5.74, 6) is 0.490. The molecule has 34 heavy (non-hydrogen) atoms. The Morgan fingerprint density at radius 3 is 2.00 bits per heavy atom. The number of carbonyl (C=O) groups excluding carboxylic acids is 1. The third-order valence-electron chi connectivity index (χ3n) is 6.80. The molecule has 0 aromatic heterocycles. The first-order valence-electron chi connectivity index (χ1n) is 11.5. The van der Waals surface area contributed by atoms with E-state index in [1.54, 1.807) is 4.90 Å². The van der Waals surface area contributed by atoms with Crippen molar-refractivity contribution in [3.05, 3.63) is 113 Å². The highest BCUT2D eigenvalue weighted by atomic mass is 79.9. The smallest absolute Gasteiger partial charge is 0.409 e. The Balaban J connectivity index is 1.32. The second kappa shape index (κ2) is 9.61. The van der Waals surface area contributed by atoms with E-state index in [2.05, 4.69) is 15.9 Å². The van der Waals surface area contributed by atoms with Crippen molar-refractivity contribution in [2.75, 3.05) is 13.1 Å². The summed E-state index contributed by atoms with van der Waals surface area (Å²) in [7, 11) is 0. The van der Waals surface area contributed by atoms with Gasteiger partial charge in [-0.2, -0.15) is 0 Å². The van der Waals surface area contributed by atoms with Crippen LogP contribution < -0.4 is 4.74 Å². The zero-order valence-corrected chi connectivity index (χ0v) is 20.3. The summed E-state index contributed by atoms with van der Waals surface area (Å²) >= 11 is 3.59. The molecule has 1 amide bonds. The number of piperidine rings is 1. The summed E-state index contributed by atoms with van der Waals surface area (Å²) in [4.78, 5) is 14.7. The van der Waals surface area contributed by atoms with E-state index in [0.717, 1.165) is 26.4 Å². The Morgan fingerprint density at radius 1 is 0.824 bits per heavy atom. The van der Waals surface area contributed by atoms with Crippen LogP contribution in [-0.2, 0) is 5.60 Å². The van der Waals surface area contributed by atoms with Crippen molar-refractivity contribution in [2.24, 2.45) is 5.92 Å². The Bertz CT molecular complexity index is 1250. The number of halogens is 1. The predicted octanol–water partition coefficient (Wildman–Crippen LogP) is 6.75. The minimum atomic E-state index is -1.11. The number of hydrogen-bond acceptors (Lipinski definition) is 3. The number of likely N-dealkylation sites (tertiary alicyclic amines) is 1. The lowest BCUT2D eigenvalue weighted by atomic mass is 9.72. The van der Waals surface area contributed by atoms with Gasteiger partial charge in [0.2, 0.25) is 0 Å². The van der Waals surface area contributed by atoms with E-state index in [1.165, 1.54) is 0 Å². The molecule has 4 aromatic rings. The van der Waals surface area contributed by atoms with Gasteiger partial charge in [-0.3, -0.25) is 0 Å². The van der Waals surface area contributed by atoms with Gasteiger partial charge in [0.05, 0.1) is 4.47 Å². The Morgan fingerprint density at radius 2 is 1.38 bits per heavy atom. The molecule has 1 saturated heterocycles. The van der Waals surface area contributed by atoms with Gasteiger partial charge in [-0.25, -0.2) is 4.79 Å². The van der Waals surface area contributed by atoms with Crippen molar-refractivity contribution in [1.29, 1.82) is 0 Å². The second-order valence-electron chi connectivity index (χ2n) is 8.73. The number of carbonyl (C=O) groups is 1. The molecule has 5 rings (SSSR count). The minimum Gasteiger partial charge on any atom is -0.409 e. The summed E-state index contributed by atoms with van der Waals surface area (Å²) in [5, 5.41) is 14.1. The fourth-order valence-corrected chi connectivity index (χ4v) is 5.53. The average Bonchev–Trinajstić information content (AvgIpc) is 2.91. The van der Waals surface area contributed by atoms with E-state index in [4.69, 9.17) is 4.74 Å². The highest BCUT2D eigenvalue weighted by Gasteiger charge is 2.42. The van der Waals surface area contributed by atoms with Crippen molar-refractivity contribution in [3.63, 3.8) is 0 Å². The number of amides is 1. The van der Waals surface area contributed by atoms with Crippen LogP contribution in [0.25, 0.3) is 10.8 Å². The normalized spacial score (nSPS) is 14.8. The van der Waals surface area contributed by atoms with Gasteiger partial charge in [0, 0.05) is 13.1 Å². The summed E-state index contributed by atoms with van der Waals surface area (Å²) in [5.41, 5.74) is 0.643. The molecule has 1 fully saturated rings. The van der Waals surface area contributed by atoms with Gasteiger partial charge in [0.25, 0.3) is 0 Å². The standard InChI is InChI=1S/C29H26BrNO3/c30-27-25-14-8-7-9-21(25)15-16-26(27)34-28(32)31-19-17-24(18-20-31)29(33,22-10-3-1-4-11-22)23-12-5-2-6-13-23/h1-16,24,33H,17-20H2. The lowest BCUT2D eigenvalue weighted by Gasteiger charge is -2.42. The largest absolute Gasteiger partial charge is 0.415 e. The van der Waals surface area contributed by atoms with Gasteiger partial charge >= 0.3 is 6.09 Å². The molecule has 0 aliphatic carbocycles. The number of aliphatic hydroxyl groups is 1. The van der Waals surface area contributed by atoms with Gasteiger partial charge < -0.3 is 14.7 Å². The Kier molecular flexibility index (Phi) is 6.40. The SMILES string of the molecule is O=C(Oc1ccc2ccccc2c1Br)N1CCC(C(O)(c2ccccc2)c2ccccc2)CC1. The summed E-state index contributed by atoms with van der Waals surface area (Å²) in [6, 6.07) is 31.4. The Labute approximate surface area is 207 Å². The molecule has 0 atom stereocenters. The molecule has 1 N–H and O–H groups in total. The van der Waals surface area contributed by atoms with E-state index in [1.807, 2.05) is 97.1 Å².